The van der Waals surface area contributed by atoms with Crippen molar-refractivity contribution in [1.82, 2.24) is 20.5 Å². The Morgan fingerprint density at radius 1 is 1.26 bits per heavy atom. The lowest BCUT2D eigenvalue weighted by atomic mass is 10.1. The fraction of sp³-hybridized carbons (Fsp3) is 0.476. The minimum Gasteiger partial charge on any atom is -0.334 e. The largest absolute Gasteiger partial charge is 0.334 e. The quantitative estimate of drug-likeness (QED) is 0.298. The normalized spacial score (nSPS) is 11.6. The van der Waals surface area contributed by atoms with Crippen LogP contribution < -0.4 is 10.6 Å². The molecule has 1 aromatic heterocycles. The summed E-state index contributed by atoms with van der Waals surface area (Å²) < 4.78 is 0. The van der Waals surface area contributed by atoms with Crippen LogP contribution in [0.5, 0.6) is 0 Å². The highest BCUT2D eigenvalue weighted by Gasteiger charge is 2.22. The first-order valence-electron chi connectivity index (χ1n) is 9.37. The molecule has 27 heavy (non-hydrogen) atoms. The molecule has 148 valence electrons. The monoisotopic (exact) mass is 372 g/mol. The lowest BCUT2D eigenvalue weighted by molar-refractivity contribution is -0.132. The van der Waals surface area contributed by atoms with Gasteiger partial charge in [-0.2, -0.15) is 0 Å². The van der Waals surface area contributed by atoms with E-state index in [1.807, 2.05) is 7.05 Å². The SMILES string of the molecule is C=CCN(CC=C)C(=O)[C@H](CCCCNC)NCc1cc(C(C)=O)ccn1. The number of hydrogen-bond donors (Lipinski definition) is 2. The zero-order valence-electron chi connectivity index (χ0n) is 16.5. The summed E-state index contributed by atoms with van der Waals surface area (Å²) in [5.74, 6) is 0.0310. The Morgan fingerprint density at radius 3 is 2.56 bits per heavy atom. The van der Waals surface area contributed by atoms with Crippen molar-refractivity contribution in [3.8, 4) is 0 Å². The first-order chi connectivity index (χ1) is 13.0. The third-order valence-electron chi connectivity index (χ3n) is 4.23. The molecule has 0 saturated carbocycles. The van der Waals surface area contributed by atoms with Gasteiger partial charge in [-0.3, -0.25) is 14.6 Å². The number of nitrogens with zero attached hydrogens (tertiary/aromatic N) is 2. The van der Waals surface area contributed by atoms with Crippen molar-refractivity contribution >= 4 is 11.7 Å². The number of carbonyl (C=O) groups excluding carboxylic acids is 2. The average molecular weight is 373 g/mol. The van der Waals surface area contributed by atoms with Crippen LogP contribution in [0.15, 0.2) is 43.6 Å². The molecule has 0 radical (unpaired) electrons. The summed E-state index contributed by atoms with van der Waals surface area (Å²) in [4.78, 5) is 30.5. The van der Waals surface area contributed by atoms with Gasteiger partial charge in [-0.15, -0.1) is 13.2 Å². The number of ketones is 1. The molecule has 1 amide bonds. The van der Waals surface area contributed by atoms with Gasteiger partial charge >= 0.3 is 0 Å². The molecule has 0 aliphatic heterocycles. The fourth-order valence-electron chi connectivity index (χ4n) is 2.77. The van der Waals surface area contributed by atoms with E-state index in [9.17, 15) is 9.59 Å². The number of amides is 1. The summed E-state index contributed by atoms with van der Waals surface area (Å²) >= 11 is 0. The van der Waals surface area contributed by atoms with Gasteiger partial charge < -0.3 is 15.5 Å². The number of rotatable bonds is 14. The number of hydrogen-bond acceptors (Lipinski definition) is 5. The van der Waals surface area contributed by atoms with E-state index in [1.165, 1.54) is 6.92 Å². The second-order valence-electron chi connectivity index (χ2n) is 6.45. The lowest BCUT2D eigenvalue weighted by Gasteiger charge is -2.26. The molecule has 1 aromatic rings. The van der Waals surface area contributed by atoms with E-state index >= 15 is 0 Å². The van der Waals surface area contributed by atoms with E-state index < -0.39 is 0 Å². The Kier molecular flexibility index (Phi) is 10.9. The lowest BCUT2D eigenvalue weighted by Crippen LogP contribution is -2.46. The molecule has 6 nitrogen and oxygen atoms in total. The number of unbranched alkanes of at least 4 members (excludes halogenated alkanes) is 1. The Bertz CT molecular complexity index is 620. The molecule has 0 fully saturated rings. The van der Waals surface area contributed by atoms with Gasteiger partial charge in [-0.25, -0.2) is 0 Å². The molecule has 0 aliphatic carbocycles. The van der Waals surface area contributed by atoms with Crippen LogP contribution >= 0.6 is 0 Å². The predicted octanol–water partition coefficient (Wildman–Crippen LogP) is 2.33. The highest BCUT2D eigenvalue weighted by atomic mass is 16.2. The van der Waals surface area contributed by atoms with E-state index in [2.05, 4.69) is 28.8 Å². The van der Waals surface area contributed by atoms with Crippen molar-refractivity contribution in [1.29, 1.82) is 0 Å². The predicted molar refractivity (Wildman–Crippen MR) is 110 cm³/mol. The molecule has 0 aliphatic rings. The van der Waals surface area contributed by atoms with Crippen molar-refractivity contribution in [3.05, 3.63) is 54.9 Å². The van der Waals surface area contributed by atoms with Crippen LogP contribution in [0, 0.1) is 0 Å². The van der Waals surface area contributed by atoms with Crippen LogP contribution in [0.1, 0.15) is 42.2 Å². The molecular formula is C21H32N4O2. The summed E-state index contributed by atoms with van der Waals surface area (Å²) in [7, 11) is 1.92. The third kappa shape index (κ3) is 8.28. The van der Waals surface area contributed by atoms with Crippen LogP contribution in [0.3, 0.4) is 0 Å². The minimum absolute atomic E-state index is 0.00137. The Balaban J connectivity index is 2.81. The second-order valence-corrected chi connectivity index (χ2v) is 6.45. The topological polar surface area (TPSA) is 74.3 Å². The van der Waals surface area contributed by atoms with Crippen LogP contribution in [0.4, 0.5) is 0 Å². The van der Waals surface area contributed by atoms with Gasteiger partial charge in [0.25, 0.3) is 0 Å². The molecule has 0 unspecified atom stereocenters. The van der Waals surface area contributed by atoms with Gasteiger partial charge in [0, 0.05) is 31.4 Å². The second kappa shape index (κ2) is 12.9. The van der Waals surface area contributed by atoms with Crippen LogP contribution in [-0.4, -0.2) is 54.3 Å². The molecule has 1 heterocycles. The van der Waals surface area contributed by atoms with Gasteiger partial charge in [0.05, 0.1) is 11.7 Å². The van der Waals surface area contributed by atoms with E-state index in [-0.39, 0.29) is 17.7 Å². The maximum absolute atomic E-state index is 13.0. The van der Waals surface area contributed by atoms with Gasteiger partial charge in [0.2, 0.25) is 5.91 Å². The zero-order chi connectivity index (χ0) is 20.1. The smallest absolute Gasteiger partial charge is 0.240 e. The van der Waals surface area contributed by atoms with Crippen LogP contribution in [0.2, 0.25) is 0 Å². The molecule has 0 bridgehead atoms. The first-order valence-corrected chi connectivity index (χ1v) is 9.37. The molecule has 1 atom stereocenters. The van der Waals surface area contributed by atoms with Crippen molar-refractivity contribution in [2.45, 2.75) is 38.8 Å². The average Bonchev–Trinajstić information content (AvgIpc) is 2.67. The highest BCUT2D eigenvalue weighted by molar-refractivity contribution is 5.94. The molecule has 0 spiro atoms. The first kappa shape index (κ1) is 22.7. The number of Topliss-reactive ketones (excluding diaryl/α,β-unsaturated/α-hetero) is 1. The Hall–Kier alpha value is -2.31. The number of carbonyl (C=O) groups is 2. The third-order valence-corrected chi connectivity index (χ3v) is 4.23. The van der Waals surface area contributed by atoms with Crippen LogP contribution in [-0.2, 0) is 11.3 Å². The van der Waals surface area contributed by atoms with Crippen molar-refractivity contribution in [2.75, 3.05) is 26.7 Å². The molecule has 1 rings (SSSR count). The van der Waals surface area contributed by atoms with Crippen molar-refractivity contribution < 1.29 is 9.59 Å². The summed E-state index contributed by atoms with van der Waals surface area (Å²) in [6, 6.07) is 3.15. The number of pyridine rings is 1. The maximum atomic E-state index is 13.0. The van der Waals surface area contributed by atoms with E-state index in [4.69, 9.17) is 0 Å². The van der Waals surface area contributed by atoms with Gasteiger partial charge in [-0.1, -0.05) is 18.6 Å². The van der Waals surface area contributed by atoms with Gasteiger partial charge in [0.15, 0.2) is 5.78 Å². The van der Waals surface area contributed by atoms with Gasteiger partial charge in [-0.05, 0) is 45.5 Å². The van der Waals surface area contributed by atoms with E-state index in [1.54, 1.807) is 35.4 Å². The summed E-state index contributed by atoms with van der Waals surface area (Å²) in [5, 5.41) is 6.45. The van der Waals surface area contributed by atoms with E-state index in [0.29, 0.717) is 25.2 Å². The maximum Gasteiger partial charge on any atom is 0.240 e. The summed E-state index contributed by atoms with van der Waals surface area (Å²) in [5.41, 5.74) is 1.37. The zero-order valence-corrected chi connectivity index (χ0v) is 16.5. The van der Waals surface area contributed by atoms with Gasteiger partial charge in [0.1, 0.15) is 0 Å². The summed E-state index contributed by atoms with van der Waals surface area (Å²) in [6.45, 7) is 11.3. The summed E-state index contributed by atoms with van der Waals surface area (Å²) in [6.07, 6.45) is 7.73. The van der Waals surface area contributed by atoms with Crippen LogP contribution in [0.25, 0.3) is 0 Å². The molecule has 2 N–H and O–H groups in total. The fourth-order valence-corrected chi connectivity index (χ4v) is 2.77. The standard InChI is InChI=1S/C21H32N4O2/c1-5-13-25(14-6-2)21(27)20(9-7-8-11-22-4)24-16-19-15-18(17(3)26)10-12-23-19/h5-6,10,12,15,20,22,24H,1-2,7-9,11,13-14,16H2,3-4H3/t20-/m0/s1. The molecular weight excluding hydrogens is 340 g/mol. The molecule has 0 saturated heterocycles. The number of aromatic nitrogens is 1. The van der Waals surface area contributed by atoms with Crippen molar-refractivity contribution in [3.63, 3.8) is 0 Å². The number of nitrogens with one attached hydrogen (secondary N) is 2. The molecule has 0 aromatic carbocycles. The van der Waals surface area contributed by atoms with Crippen molar-refractivity contribution in [2.24, 2.45) is 0 Å². The Morgan fingerprint density at radius 2 is 1.96 bits per heavy atom. The Labute approximate surface area is 162 Å². The van der Waals surface area contributed by atoms with E-state index in [0.717, 1.165) is 31.5 Å². The molecule has 6 heteroatoms. The highest BCUT2D eigenvalue weighted by Crippen LogP contribution is 2.08. The minimum atomic E-state index is -0.315.